The summed E-state index contributed by atoms with van der Waals surface area (Å²) in [5.74, 6) is 0. The van der Waals surface area contributed by atoms with Gasteiger partial charge in [0.05, 0.1) is 11.0 Å². The van der Waals surface area contributed by atoms with Gasteiger partial charge in [-0.2, -0.15) is 0 Å². The van der Waals surface area contributed by atoms with Crippen LogP contribution in [-0.4, -0.2) is 4.57 Å². The van der Waals surface area contributed by atoms with Crippen LogP contribution in [0.25, 0.3) is 27.5 Å². The normalized spacial score (nSPS) is 12.2. The topological polar surface area (TPSA) is 4.93 Å². The molecule has 1 heterocycles. The molecule has 0 spiro atoms. The summed E-state index contributed by atoms with van der Waals surface area (Å²) in [5.41, 5.74) is 5.19. The van der Waals surface area contributed by atoms with Gasteiger partial charge >= 0.3 is 0 Å². The fourth-order valence-electron chi connectivity index (χ4n) is 3.36. The fourth-order valence-corrected chi connectivity index (χ4v) is 3.93. The molecule has 0 fully saturated rings. The van der Waals surface area contributed by atoms with Crippen LogP contribution in [0.3, 0.4) is 0 Å². The molecule has 1 nitrogen and oxygen atoms in total. The Bertz CT molecular complexity index is 1030. The molecule has 2 heteroatoms. The maximum Gasteiger partial charge on any atom is 0.0552 e. The molecule has 3 aromatic carbocycles. The summed E-state index contributed by atoms with van der Waals surface area (Å²) >= 11 is 3.73. The second-order valence-corrected chi connectivity index (χ2v) is 8.14. The number of hydrogen-bond acceptors (Lipinski definition) is 0. The first kappa shape index (κ1) is 15.5. The molecule has 0 aliphatic heterocycles. The average molecular weight is 378 g/mol. The van der Waals surface area contributed by atoms with E-state index in [0.29, 0.717) is 0 Å². The number of benzene rings is 3. The molecule has 4 aromatic rings. The van der Waals surface area contributed by atoms with Crippen LogP contribution in [0, 0.1) is 0 Å². The van der Waals surface area contributed by atoms with Crippen LogP contribution < -0.4 is 0 Å². The summed E-state index contributed by atoms with van der Waals surface area (Å²) in [7, 11) is 0. The number of rotatable bonds is 1. The van der Waals surface area contributed by atoms with Crippen LogP contribution in [0.4, 0.5) is 0 Å². The molecule has 0 N–H and O–H groups in total. The van der Waals surface area contributed by atoms with Crippen molar-refractivity contribution in [2.75, 3.05) is 0 Å². The van der Waals surface area contributed by atoms with Crippen molar-refractivity contribution in [1.82, 2.24) is 4.57 Å². The van der Waals surface area contributed by atoms with Crippen molar-refractivity contribution in [2.24, 2.45) is 0 Å². The minimum atomic E-state index is 0.169. The Labute approximate surface area is 151 Å². The Morgan fingerprint density at radius 2 is 1.42 bits per heavy atom. The predicted octanol–water partition coefficient (Wildman–Crippen LogP) is 6.84. The van der Waals surface area contributed by atoms with Crippen LogP contribution in [0.15, 0.2) is 71.2 Å². The van der Waals surface area contributed by atoms with Gasteiger partial charge in [0.2, 0.25) is 0 Å². The van der Waals surface area contributed by atoms with Gasteiger partial charge in [-0.25, -0.2) is 0 Å². The highest BCUT2D eigenvalue weighted by molar-refractivity contribution is 9.10. The van der Waals surface area contributed by atoms with Crippen LogP contribution in [0.2, 0.25) is 0 Å². The lowest BCUT2D eigenvalue weighted by atomic mass is 9.87. The lowest BCUT2D eigenvalue weighted by Crippen LogP contribution is -2.10. The molecule has 120 valence electrons. The molecule has 4 rings (SSSR count). The Morgan fingerprint density at radius 1 is 0.750 bits per heavy atom. The molecular weight excluding hydrogens is 358 g/mol. The van der Waals surface area contributed by atoms with E-state index in [9.17, 15) is 0 Å². The fraction of sp³-hybridized carbons (Fsp3) is 0.182. The molecule has 0 saturated carbocycles. The maximum absolute atomic E-state index is 3.73. The summed E-state index contributed by atoms with van der Waals surface area (Å²) in [4.78, 5) is 0. The van der Waals surface area contributed by atoms with Crippen molar-refractivity contribution in [3.8, 4) is 5.69 Å². The molecule has 0 radical (unpaired) electrons. The monoisotopic (exact) mass is 377 g/mol. The quantitative estimate of drug-likeness (QED) is 0.342. The van der Waals surface area contributed by atoms with Gasteiger partial charge in [0.15, 0.2) is 0 Å². The van der Waals surface area contributed by atoms with Gasteiger partial charge in [-0.3, -0.25) is 0 Å². The van der Waals surface area contributed by atoms with Gasteiger partial charge in [0, 0.05) is 20.9 Å². The molecule has 0 unspecified atom stereocenters. The van der Waals surface area contributed by atoms with Gasteiger partial charge in [0.1, 0.15) is 0 Å². The minimum absolute atomic E-state index is 0.169. The third-order valence-corrected chi connectivity index (χ3v) is 5.30. The molecule has 0 bridgehead atoms. The first-order valence-corrected chi connectivity index (χ1v) is 9.05. The predicted molar refractivity (Wildman–Crippen MR) is 107 cm³/mol. The lowest BCUT2D eigenvalue weighted by molar-refractivity contribution is 0.590. The second-order valence-electron chi connectivity index (χ2n) is 7.28. The van der Waals surface area contributed by atoms with Crippen LogP contribution >= 0.6 is 15.9 Å². The van der Waals surface area contributed by atoms with Crippen molar-refractivity contribution in [3.05, 3.63) is 76.8 Å². The molecule has 24 heavy (non-hydrogen) atoms. The molecule has 1 aromatic heterocycles. The summed E-state index contributed by atoms with van der Waals surface area (Å²) in [6.45, 7) is 6.75. The van der Waals surface area contributed by atoms with Crippen molar-refractivity contribution >= 4 is 37.7 Å². The highest BCUT2D eigenvalue weighted by atomic mass is 79.9. The van der Waals surface area contributed by atoms with Crippen LogP contribution in [-0.2, 0) is 5.41 Å². The van der Waals surface area contributed by atoms with E-state index < -0.39 is 0 Å². The second kappa shape index (κ2) is 5.49. The van der Waals surface area contributed by atoms with E-state index in [1.54, 1.807) is 0 Å². The van der Waals surface area contributed by atoms with Gasteiger partial charge in [0.25, 0.3) is 0 Å². The zero-order chi connectivity index (χ0) is 16.9. The Kier molecular flexibility index (Phi) is 3.54. The summed E-state index contributed by atoms with van der Waals surface area (Å²) in [6.07, 6.45) is 0. The smallest absolute Gasteiger partial charge is 0.0552 e. The Hall–Kier alpha value is -2.06. The number of aromatic nitrogens is 1. The summed E-state index contributed by atoms with van der Waals surface area (Å²) < 4.78 is 3.49. The molecule has 0 aliphatic carbocycles. The van der Waals surface area contributed by atoms with E-state index in [0.717, 1.165) is 4.47 Å². The largest absolute Gasteiger partial charge is 0.309 e. The number of hydrogen-bond donors (Lipinski definition) is 0. The molecular formula is C22H20BrN. The van der Waals surface area contributed by atoms with Gasteiger partial charge < -0.3 is 4.57 Å². The zero-order valence-electron chi connectivity index (χ0n) is 14.2. The van der Waals surface area contributed by atoms with E-state index in [1.807, 2.05) is 0 Å². The van der Waals surface area contributed by atoms with E-state index in [1.165, 1.54) is 33.1 Å². The maximum atomic E-state index is 3.73. The van der Waals surface area contributed by atoms with E-state index in [-0.39, 0.29) is 5.41 Å². The highest BCUT2D eigenvalue weighted by Gasteiger charge is 2.16. The molecule has 0 amide bonds. The molecule has 0 atom stereocenters. The average Bonchev–Trinajstić information content (AvgIpc) is 2.90. The van der Waals surface area contributed by atoms with Crippen molar-refractivity contribution < 1.29 is 0 Å². The number of nitrogens with zero attached hydrogens (tertiary/aromatic N) is 1. The standard InChI is InChI=1S/C22H20BrN/c1-22(2,3)15-11-13-16(14-12-15)24-19-9-5-4-7-17(19)21-18(23)8-6-10-20(21)24/h4-14H,1-3H3. The van der Waals surface area contributed by atoms with E-state index in [4.69, 9.17) is 0 Å². The van der Waals surface area contributed by atoms with Crippen molar-refractivity contribution in [1.29, 1.82) is 0 Å². The first-order valence-electron chi connectivity index (χ1n) is 8.25. The number of fused-ring (bicyclic) bond motifs is 3. The zero-order valence-corrected chi connectivity index (χ0v) is 15.8. The number of halogens is 1. The highest BCUT2D eigenvalue weighted by Crippen LogP contribution is 2.36. The third-order valence-electron chi connectivity index (χ3n) is 4.64. The van der Waals surface area contributed by atoms with Gasteiger partial charge in [-0.05, 0) is 41.3 Å². The molecule has 0 aliphatic rings. The summed E-state index contributed by atoms with van der Waals surface area (Å²) in [6, 6.07) is 24.0. The van der Waals surface area contributed by atoms with E-state index >= 15 is 0 Å². The van der Waals surface area contributed by atoms with Gasteiger partial charge in [-0.15, -0.1) is 0 Å². The molecule has 0 saturated heterocycles. The SMILES string of the molecule is CC(C)(C)c1ccc(-n2c3ccccc3c3c(Br)cccc32)cc1. The summed E-state index contributed by atoms with van der Waals surface area (Å²) in [5, 5.41) is 2.55. The van der Waals surface area contributed by atoms with E-state index in [2.05, 4.69) is 108 Å². The first-order chi connectivity index (χ1) is 11.5. The van der Waals surface area contributed by atoms with Crippen LogP contribution in [0.5, 0.6) is 0 Å². The van der Waals surface area contributed by atoms with Crippen molar-refractivity contribution in [3.63, 3.8) is 0 Å². The third kappa shape index (κ3) is 2.37. The van der Waals surface area contributed by atoms with Crippen molar-refractivity contribution in [2.45, 2.75) is 26.2 Å². The lowest BCUT2D eigenvalue weighted by Gasteiger charge is -2.19. The minimum Gasteiger partial charge on any atom is -0.309 e. The Morgan fingerprint density at radius 3 is 2.12 bits per heavy atom. The number of para-hydroxylation sites is 1. The van der Waals surface area contributed by atoms with Gasteiger partial charge in [-0.1, -0.05) is 73.1 Å². The Balaban J connectivity index is 2.04. The van der Waals surface area contributed by atoms with Crippen LogP contribution in [0.1, 0.15) is 26.3 Å².